The molecule has 0 unspecified atom stereocenters. The first kappa shape index (κ1) is 16.7. The van der Waals surface area contributed by atoms with Gasteiger partial charge in [0, 0.05) is 25.0 Å². The SMILES string of the molecule is BrCC(CBr)(Cc1ccc(Br)cc1)c1cccc(Br)c1. The molecule has 0 amide bonds. The fraction of sp³-hybridized carbons (Fsp3) is 0.250. The first-order valence-corrected chi connectivity index (χ1v) is 10.0. The van der Waals surface area contributed by atoms with E-state index in [1.807, 2.05) is 0 Å². The number of rotatable bonds is 5. The largest absolute Gasteiger partial charge is 0.0918 e. The van der Waals surface area contributed by atoms with Crippen molar-refractivity contribution in [2.24, 2.45) is 0 Å². The molecule has 0 aliphatic heterocycles. The van der Waals surface area contributed by atoms with E-state index in [1.165, 1.54) is 11.1 Å². The Morgan fingerprint density at radius 1 is 0.800 bits per heavy atom. The monoisotopic (exact) mass is 522 g/mol. The van der Waals surface area contributed by atoms with E-state index in [-0.39, 0.29) is 5.41 Å². The molecule has 0 N–H and O–H groups in total. The van der Waals surface area contributed by atoms with E-state index in [0.717, 1.165) is 26.0 Å². The second-order valence-corrected chi connectivity index (χ2v) is 7.81. The summed E-state index contributed by atoms with van der Waals surface area (Å²) >= 11 is 14.5. The Kier molecular flexibility index (Phi) is 6.33. The quantitative estimate of drug-likeness (QED) is 0.392. The van der Waals surface area contributed by atoms with Crippen molar-refractivity contribution in [3.63, 3.8) is 0 Å². The van der Waals surface area contributed by atoms with Gasteiger partial charge in [0.05, 0.1) is 0 Å². The summed E-state index contributed by atoms with van der Waals surface area (Å²) in [6.07, 6.45) is 0.993. The first-order chi connectivity index (χ1) is 9.59. The van der Waals surface area contributed by atoms with Gasteiger partial charge < -0.3 is 0 Å². The molecule has 4 heteroatoms. The molecule has 0 heterocycles. The summed E-state index contributed by atoms with van der Waals surface area (Å²) in [6.45, 7) is 0. The number of benzene rings is 2. The van der Waals surface area contributed by atoms with Gasteiger partial charge in [0.2, 0.25) is 0 Å². The van der Waals surface area contributed by atoms with Crippen LogP contribution < -0.4 is 0 Å². The Labute approximate surface area is 153 Å². The van der Waals surface area contributed by atoms with Crippen LogP contribution in [-0.4, -0.2) is 10.7 Å². The molecular weight excluding hydrogens is 512 g/mol. The Bertz CT molecular complexity index is 559. The normalized spacial score (nSPS) is 11.6. The predicted molar refractivity (Wildman–Crippen MR) is 101 cm³/mol. The molecule has 0 saturated carbocycles. The van der Waals surface area contributed by atoms with Gasteiger partial charge in [-0.3, -0.25) is 0 Å². The molecule has 0 aliphatic carbocycles. The van der Waals surface area contributed by atoms with Crippen LogP contribution in [0.1, 0.15) is 11.1 Å². The summed E-state index contributed by atoms with van der Waals surface area (Å²) in [6, 6.07) is 17.1. The highest BCUT2D eigenvalue weighted by molar-refractivity contribution is 9.11. The predicted octanol–water partition coefficient (Wildman–Crippen LogP) is 6.48. The molecule has 0 fully saturated rings. The van der Waals surface area contributed by atoms with Crippen molar-refractivity contribution in [1.29, 1.82) is 0 Å². The van der Waals surface area contributed by atoms with Crippen LogP contribution in [0.25, 0.3) is 0 Å². The van der Waals surface area contributed by atoms with E-state index in [1.54, 1.807) is 0 Å². The molecule has 0 atom stereocenters. The molecule has 0 aliphatic rings. The average molecular weight is 526 g/mol. The second-order valence-electron chi connectivity index (χ2n) is 4.86. The van der Waals surface area contributed by atoms with Gasteiger partial charge in [0.1, 0.15) is 0 Å². The third kappa shape index (κ3) is 3.96. The fourth-order valence-corrected chi connectivity index (χ4v) is 4.83. The maximum Gasteiger partial charge on any atom is 0.0187 e. The second kappa shape index (κ2) is 7.57. The van der Waals surface area contributed by atoms with Crippen LogP contribution in [-0.2, 0) is 11.8 Å². The van der Waals surface area contributed by atoms with Crippen LogP contribution in [0.3, 0.4) is 0 Å². The van der Waals surface area contributed by atoms with Crippen molar-refractivity contribution in [2.45, 2.75) is 11.8 Å². The summed E-state index contributed by atoms with van der Waals surface area (Å²) in [5, 5.41) is 1.83. The molecule has 106 valence electrons. The summed E-state index contributed by atoms with van der Waals surface area (Å²) < 4.78 is 2.24. The minimum absolute atomic E-state index is 0.0532. The van der Waals surface area contributed by atoms with Gasteiger partial charge >= 0.3 is 0 Å². The Hall–Kier alpha value is 0.360. The van der Waals surface area contributed by atoms with Gasteiger partial charge in [-0.2, -0.15) is 0 Å². The van der Waals surface area contributed by atoms with E-state index >= 15 is 0 Å². The Morgan fingerprint density at radius 3 is 2.00 bits per heavy atom. The fourth-order valence-electron chi connectivity index (χ4n) is 2.20. The summed E-state index contributed by atoms with van der Waals surface area (Å²) in [4.78, 5) is 0. The third-order valence-corrected chi connectivity index (χ3v) is 6.57. The lowest BCUT2D eigenvalue weighted by atomic mass is 9.79. The molecule has 2 aromatic carbocycles. The smallest absolute Gasteiger partial charge is 0.0187 e. The molecule has 0 radical (unpaired) electrons. The molecule has 0 bridgehead atoms. The minimum Gasteiger partial charge on any atom is -0.0918 e. The highest BCUT2D eigenvalue weighted by atomic mass is 79.9. The third-order valence-electron chi connectivity index (χ3n) is 3.40. The topological polar surface area (TPSA) is 0 Å². The maximum absolute atomic E-state index is 3.71. The number of halogens is 4. The molecule has 0 saturated heterocycles. The standard InChI is InChI=1S/C16H14Br4/c17-10-16(11-18,13-2-1-3-15(20)8-13)9-12-4-6-14(19)7-5-12/h1-8H,9-11H2. The molecule has 0 aromatic heterocycles. The zero-order valence-corrected chi connectivity index (χ0v) is 17.1. The van der Waals surface area contributed by atoms with Crippen molar-refractivity contribution in [3.8, 4) is 0 Å². The van der Waals surface area contributed by atoms with Crippen LogP contribution in [0.2, 0.25) is 0 Å². The van der Waals surface area contributed by atoms with Crippen molar-refractivity contribution in [1.82, 2.24) is 0 Å². The van der Waals surface area contributed by atoms with E-state index in [2.05, 4.69) is 112 Å². The van der Waals surface area contributed by atoms with Crippen molar-refractivity contribution >= 4 is 63.7 Å². The molecular formula is C16H14Br4. The summed E-state index contributed by atoms with van der Waals surface area (Å²) in [7, 11) is 0. The van der Waals surface area contributed by atoms with Crippen LogP contribution >= 0.6 is 63.7 Å². The number of hydrogen-bond acceptors (Lipinski definition) is 0. The van der Waals surface area contributed by atoms with Crippen molar-refractivity contribution in [2.75, 3.05) is 10.7 Å². The molecule has 2 rings (SSSR count). The zero-order valence-electron chi connectivity index (χ0n) is 10.8. The molecule has 20 heavy (non-hydrogen) atoms. The van der Waals surface area contributed by atoms with Gasteiger partial charge in [-0.25, -0.2) is 0 Å². The van der Waals surface area contributed by atoms with Gasteiger partial charge in [0.15, 0.2) is 0 Å². The summed E-state index contributed by atoms with van der Waals surface area (Å²) in [5.74, 6) is 0. The van der Waals surface area contributed by atoms with E-state index < -0.39 is 0 Å². The lowest BCUT2D eigenvalue weighted by molar-refractivity contribution is 0.551. The molecule has 0 nitrogen and oxygen atoms in total. The molecule has 2 aromatic rings. The van der Waals surface area contributed by atoms with E-state index in [9.17, 15) is 0 Å². The number of hydrogen-bond donors (Lipinski definition) is 0. The van der Waals surface area contributed by atoms with Crippen LogP contribution in [0.5, 0.6) is 0 Å². The minimum atomic E-state index is 0.0532. The van der Waals surface area contributed by atoms with E-state index in [0.29, 0.717) is 0 Å². The van der Waals surface area contributed by atoms with Crippen LogP contribution in [0.4, 0.5) is 0 Å². The van der Waals surface area contributed by atoms with Crippen molar-refractivity contribution < 1.29 is 0 Å². The van der Waals surface area contributed by atoms with Crippen LogP contribution in [0, 0.1) is 0 Å². The van der Waals surface area contributed by atoms with Gasteiger partial charge in [-0.05, 0) is 41.8 Å². The maximum atomic E-state index is 3.71. The highest BCUT2D eigenvalue weighted by Gasteiger charge is 2.30. The van der Waals surface area contributed by atoms with Crippen LogP contribution in [0.15, 0.2) is 57.5 Å². The zero-order chi connectivity index (χ0) is 14.6. The first-order valence-electron chi connectivity index (χ1n) is 6.22. The number of alkyl halides is 2. The summed E-state index contributed by atoms with van der Waals surface area (Å²) in [5.41, 5.74) is 2.73. The van der Waals surface area contributed by atoms with Gasteiger partial charge in [0.25, 0.3) is 0 Å². The van der Waals surface area contributed by atoms with E-state index in [4.69, 9.17) is 0 Å². The Morgan fingerprint density at radius 2 is 1.45 bits per heavy atom. The highest BCUT2D eigenvalue weighted by Crippen LogP contribution is 2.34. The van der Waals surface area contributed by atoms with Gasteiger partial charge in [-0.1, -0.05) is 88.0 Å². The van der Waals surface area contributed by atoms with Gasteiger partial charge in [-0.15, -0.1) is 0 Å². The van der Waals surface area contributed by atoms with Crippen molar-refractivity contribution in [3.05, 3.63) is 68.6 Å². The lowest BCUT2D eigenvalue weighted by Gasteiger charge is -2.31. The Balaban J connectivity index is 2.36. The average Bonchev–Trinajstić information content (AvgIpc) is 2.47. The lowest BCUT2D eigenvalue weighted by Crippen LogP contribution is -2.33. The molecule has 0 spiro atoms.